The van der Waals surface area contributed by atoms with Gasteiger partial charge in [-0.2, -0.15) is 5.26 Å². The van der Waals surface area contributed by atoms with Crippen LogP contribution >= 0.6 is 50.6 Å². The average molecular weight is 412 g/mol. The van der Waals surface area contributed by atoms with Gasteiger partial charge in [-0.25, -0.2) is 5.90 Å². The maximum Gasteiger partial charge on any atom is 0.131 e. The van der Waals surface area contributed by atoms with E-state index in [-0.39, 0.29) is 0 Å². The van der Waals surface area contributed by atoms with Crippen LogP contribution in [0.3, 0.4) is 0 Å². The molecule has 1 aromatic rings. The molecule has 0 saturated carbocycles. The van der Waals surface area contributed by atoms with Crippen LogP contribution in [0, 0.1) is 11.3 Å². The molecule has 1 atom stereocenters. The standard InChI is InChI=1S/C13H16BrClN2O2S2/c1-12(19-17,11-9(15)6-10(14)21-11)8-20-13(7-16)2-4-18-5-3-13/h6H,2-5,8,17H2,1H3/t12-/m0/s1. The minimum atomic E-state index is -0.722. The van der Waals surface area contributed by atoms with Crippen LogP contribution in [0.2, 0.25) is 5.02 Å². The first-order chi connectivity index (χ1) is 9.95. The highest BCUT2D eigenvalue weighted by Gasteiger charge is 2.39. The van der Waals surface area contributed by atoms with Crippen molar-refractivity contribution in [1.82, 2.24) is 0 Å². The normalized spacial score (nSPS) is 20.7. The van der Waals surface area contributed by atoms with Crippen molar-refractivity contribution < 1.29 is 9.57 Å². The molecule has 0 spiro atoms. The van der Waals surface area contributed by atoms with Gasteiger partial charge in [0.1, 0.15) is 10.3 Å². The van der Waals surface area contributed by atoms with Crippen LogP contribution in [0.15, 0.2) is 9.85 Å². The second kappa shape index (κ2) is 7.18. The molecule has 0 bridgehead atoms. The fraction of sp³-hybridized carbons (Fsp3) is 0.615. The van der Waals surface area contributed by atoms with E-state index >= 15 is 0 Å². The first-order valence-electron chi connectivity index (χ1n) is 6.41. The van der Waals surface area contributed by atoms with Crippen molar-refractivity contribution in [2.24, 2.45) is 5.90 Å². The quantitative estimate of drug-likeness (QED) is 0.739. The lowest BCUT2D eigenvalue weighted by atomic mass is 10.0. The molecule has 21 heavy (non-hydrogen) atoms. The van der Waals surface area contributed by atoms with Crippen LogP contribution in [0.5, 0.6) is 0 Å². The van der Waals surface area contributed by atoms with E-state index < -0.39 is 10.3 Å². The third kappa shape index (κ3) is 3.94. The van der Waals surface area contributed by atoms with Crippen LogP contribution in [0.25, 0.3) is 0 Å². The second-order valence-electron chi connectivity index (χ2n) is 5.08. The predicted molar refractivity (Wildman–Crippen MR) is 90.5 cm³/mol. The lowest BCUT2D eigenvalue weighted by molar-refractivity contribution is -0.0170. The van der Waals surface area contributed by atoms with Gasteiger partial charge in [-0.3, -0.25) is 4.84 Å². The number of thiophene rings is 1. The molecule has 4 nitrogen and oxygen atoms in total. The molecule has 1 aliphatic heterocycles. The smallest absolute Gasteiger partial charge is 0.131 e. The number of thioether (sulfide) groups is 1. The summed E-state index contributed by atoms with van der Waals surface area (Å²) in [5, 5.41) is 10.1. The van der Waals surface area contributed by atoms with Crippen molar-refractivity contribution in [3.63, 3.8) is 0 Å². The Kier molecular flexibility index (Phi) is 5.99. The van der Waals surface area contributed by atoms with Gasteiger partial charge in [0.15, 0.2) is 0 Å². The van der Waals surface area contributed by atoms with Gasteiger partial charge in [0.05, 0.1) is 19.8 Å². The van der Waals surface area contributed by atoms with Gasteiger partial charge in [0.2, 0.25) is 0 Å². The molecule has 0 aliphatic carbocycles. The molecular weight excluding hydrogens is 396 g/mol. The van der Waals surface area contributed by atoms with Gasteiger partial charge in [-0.1, -0.05) is 11.6 Å². The summed E-state index contributed by atoms with van der Waals surface area (Å²) in [6.07, 6.45) is 1.44. The van der Waals surface area contributed by atoms with Gasteiger partial charge in [-0.05, 0) is 41.8 Å². The van der Waals surface area contributed by atoms with E-state index in [1.165, 1.54) is 11.3 Å². The highest BCUT2D eigenvalue weighted by molar-refractivity contribution is 9.11. The highest BCUT2D eigenvalue weighted by Crippen LogP contribution is 2.44. The van der Waals surface area contributed by atoms with Crippen LogP contribution in [0.4, 0.5) is 0 Å². The number of ether oxygens (including phenoxy) is 1. The third-order valence-corrected chi connectivity index (χ3v) is 7.57. The Bertz CT molecular complexity index is 543. The molecule has 2 heterocycles. The maximum absolute atomic E-state index is 9.51. The summed E-state index contributed by atoms with van der Waals surface area (Å²) < 4.78 is 5.84. The van der Waals surface area contributed by atoms with Gasteiger partial charge in [0.25, 0.3) is 0 Å². The van der Waals surface area contributed by atoms with E-state index in [9.17, 15) is 5.26 Å². The summed E-state index contributed by atoms with van der Waals surface area (Å²) in [5.41, 5.74) is -0.722. The predicted octanol–water partition coefficient (Wildman–Crippen LogP) is 4.08. The number of nitrogens with two attached hydrogens (primary N) is 1. The molecular formula is C13H16BrClN2O2S2. The molecule has 1 aliphatic rings. The van der Waals surface area contributed by atoms with Crippen molar-refractivity contribution in [1.29, 1.82) is 5.26 Å². The minimum absolute atomic E-state index is 0.432. The lowest BCUT2D eigenvalue weighted by Crippen LogP contribution is -2.37. The Morgan fingerprint density at radius 3 is 2.81 bits per heavy atom. The zero-order valence-corrected chi connectivity index (χ0v) is 15.5. The fourth-order valence-corrected chi connectivity index (χ4v) is 5.70. The van der Waals surface area contributed by atoms with E-state index in [1.807, 2.05) is 13.0 Å². The molecule has 2 rings (SSSR count). The second-order valence-corrected chi connectivity index (χ2v) is 9.28. The number of halogens is 2. The Morgan fingerprint density at radius 2 is 2.33 bits per heavy atom. The summed E-state index contributed by atoms with van der Waals surface area (Å²) >= 11 is 12.7. The van der Waals surface area contributed by atoms with Gasteiger partial charge >= 0.3 is 0 Å². The molecule has 1 fully saturated rings. The summed E-state index contributed by atoms with van der Waals surface area (Å²) in [4.78, 5) is 6.11. The summed E-state index contributed by atoms with van der Waals surface area (Å²) in [7, 11) is 0. The van der Waals surface area contributed by atoms with E-state index in [1.54, 1.807) is 11.8 Å². The first-order valence-corrected chi connectivity index (χ1v) is 9.38. The molecule has 0 amide bonds. The Morgan fingerprint density at radius 1 is 1.67 bits per heavy atom. The van der Waals surface area contributed by atoms with E-state index in [0.717, 1.165) is 21.5 Å². The molecule has 1 saturated heterocycles. The Labute approximate surface area is 146 Å². The molecule has 8 heteroatoms. The van der Waals surface area contributed by atoms with Crippen molar-refractivity contribution >= 4 is 50.6 Å². The van der Waals surface area contributed by atoms with Crippen molar-refractivity contribution in [2.75, 3.05) is 19.0 Å². The summed E-state index contributed by atoms with van der Waals surface area (Å²) in [5.74, 6) is 6.09. The van der Waals surface area contributed by atoms with Crippen LogP contribution in [-0.2, 0) is 15.2 Å². The van der Waals surface area contributed by atoms with Gasteiger partial charge in [-0.15, -0.1) is 23.1 Å². The third-order valence-electron chi connectivity index (χ3n) is 3.53. The van der Waals surface area contributed by atoms with E-state index in [4.69, 9.17) is 27.1 Å². The summed E-state index contributed by atoms with van der Waals surface area (Å²) in [6.45, 7) is 3.13. The monoisotopic (exact) mass is 410 g/mol. The van der Waals surface area contributed by atoms with E-state index in [2.05, 4.69) is 22.0 Å². The van der Waals surface area contributed by atoms with Crippen LogP contribution < -0.4 is 5.90 Å². The molecule has 1 aromatic heterocycles. The number of hydrogen-bond donors (Lipinski definition) is 1. The van der Waals surface area contributed by atoms with Gasteiger partial charge < -0.3 is 4.74 Å². The van der Waals surface area contributed by atoms with Crippen molar-refractivity contribution in [3.8, 4) is 6.07 Å². The first kappa shape index (κ1) is 17.5. The molecule has 0 radical (unpaired) electrons. The zero-order chi connectivity index (χ0) is 15.5. The Hall–Kier alpha value is 0.190. The molecule has 116 valence electrons. The number of rotatable bonds is 5. The van der Waals surface area contributed by atoms with E-state index in [0.29, 0.717) is 24.0 Å². The number of hydrogen-bond acceptors (Lipinski definition) is 6. The van der Waals surface area contributed by atoms with Crippen molar-refractivity contribution in [2.45, 2.75) is 30.1 Å². The minimum Gasteiger partial charge on any atom is -0.381 e. The number of nitrogens with zero attached hydrogens (tertiary/aromatic N) is 1. The lowest BCUT2D eigenvalue weighted by Gasteiger charge is -2.34. The summed E-state index contributed by atoms with van der Waals surface area (Å²) in [6, 6.07) is 4.26. The Balaban J connectivity index is 2.15. The molecule has 0 aromatic carbocycles. The van der Waals surface area contributed by atoms with Gasteiger partial charge in [0, 0.05) is 19.0 Å². The maximum atomic E-state index is 9.51. The largest absolute Gasteiger partial charge is 0.381 e. The van der Waals surface area contributed by atoms with Crippen LogP contribution in [-0.4, -0.2) is 23.7 Å². The molecule has 0 unspecified atom stereocenters. The highest BCUT2D eigenvalue weighted by atomic mass is 79.9. The SMILES string of the molecule is C[C@@](CSC1(C#N)CCOCC1)(ON)c1sc(Br)cc1Cl. The van der Waals surface area contributed by atoms with Crippen molar-refractivity contribution in [3.05, 3.63) is 19.8 Å². The average Bonchev–Trinajstić information content (AvgIpc) is 2.85. The topological polar surface area (TPSA) is 68.3 Å². The fourth-order valence-electron chi connectivity index (χ4n) is 2.12. The zero-order valence-electron chi connectivity index (χ0n) is 11.5. The number of nitriles is 1. The van der Waals surface area contributed by atoms with Crippen LogP contribution in [0.1, 0.15) is 24.6 Å². The molecule has 2 N–H and O–H groups in total.